The van der Waals surface area contributed by atoms with Crippen molar-refractivity contribution in [2.24, 2.45) is 13.0 Å². The molecule has 2 aromatic rings. The van der Waals surface area contributed by atoms with E-state index in [-0.39, 0.29) is 24.2 Å². The average molecular weight is 355 g/mol. The SMILES string of the molecule is CCc1nn(C)c(NC(=O)C2CC(=O)N(Cc3ccccn3)C2)c1CC. The first-order valence-electron chi connectivity index (χ1n) is 9.06. The van der Waals surface area contributed by atoms with E-state index in [1.807, 2.05) is 25.2 Å². The first kappa shape index (κ1) is 18.1. The molecular formula is C19H25N5O2. The molecule has 3 heterocycles. The predicted molar refractivity (Wildman–Crippen MR) is 98.4 cm³/mol. The summed E-state index contributed by atoms with van der Waals surface area (Å²) in [5.74, 6) is 0.258. The molecule has 1 aliphatic heterocycles. The van der Waals surface area contributed by atoms with Crippen molar-refractivity contribution in [3.63, 3.8) is 0 Å². The molecule has 1 saturated heterocycles. The maximum Gasteiger partial charge on any atom is 0.230 e. The summed E-state index contributed by atoms with van der Waals surface area (Å²) in [6.45, 7) is 4.97. The fourth-order valence-electron chi connectivity index (χ4n) is 3.44. The van der Waals surface area contributed by atoms with Crippen molar-refractivity contribution in [2.45, 2.75) is 39.7 Å². The second kappa shape index (κ2) is 7.68. The van der Waals surface area contributed by atoms with Crippen LogP contribution in [0.15, 0.2) is 24.4 Å². The highest BCUT2D eigenvalue weighted by molar-refractivity contribution is 5.97. The van der Waals surface area contributed by atoms with Gasteiger partial charge in [-0.3, -0.25) is 19.3 Å². The lowest BCUT2D eigenvalue weighted by Crippen LogP contribution is -2.29. The van der Waals surface area contributed by atoms with Crippen LogP contribution < -0.4 is 5.32 Å². The molecule has 1 unspecified atom stereocenters. The maximum atomic E-state index is 12.7. The van der Waals surface area contributed by atoms with Gasteiger partial charge in [0, 0.05) is 31.8 Å². The van der Waals surface area contributed by atoms with E-state index < -0.39 is 0 Å². The van der Waals surface area contributed by atoms with Crippen molar-refractivity contribution in [1.82, 2.24) is 19.7 Å². The van der Waals surface area contributed by atoms with Crippen molar-refractivity contribution in [3.8, 4) is 0 Å². The van der Waals surface area contributed by atoms with Crippen LogP contribution in [0.2, 0.25) is 0 Å². The highest BCUT2D eigenvalue weighted by atomic mass is 16.2. The molecule has 0 radical (unpaired) electrons. The van der Waals surface area contributed by atoms with E-state index in [1.54, 1.807) is 15.8 Å². The number of aryl methyl sites for hydroxylation is 2. The summed E-state index contributed by atoms with van der Waals surface area (Å²) in [5.41, 5.74) is 2.90. The van der Waals surface area contributed by atoms with Crippen molar-refractivity contribution in [1.29, 1.82) is 0 Å². The van der Waals surface area contributed by atoms with Crippen LogP contribution in [-0.4, -0.2) is 38.0 Å². The van der Waals surface area contributed by atoms with Crippen LogP contribution in [-0.2, 0) is 36.0 Å². The zero-order chi connectivity index (χ0) is 18.7. The van der Waals surface area contributed by atoms with E-state index in [0.717, 1.165) is 35.6 Å². The Morgan fingerprint density at radius 1 is 1.31 bits per heavy atom. The van der Waals surface area contributed by atoms with E-state index in [2.05, 4.69) is 29.2 Å². The Hall–Kier alpha value is -2.70. The van der Waals surface area contributed by atoms with Gasteiger partial charge in [0.15, 0.2) is 0 Å². The lowest BCUT2D eigenvalue weighted by molar-refractivity contribution is -0.128. The van der Waals surface area contributed by atoms with Gasteiger partial charge in [-0.15, -0.1) is 0 Å². The quantitative estimate of drug-likeness (QED) is 0.859. The Labute approximate surface area is 153 Å². The van der Waals surface area contributed by atoms with Crippen molar-refractivity contribution < 1.29 is 9.59 Å². The zero-order valence-electron chi connectivity index (χ0n) is 15.5. The average Bonchev–Trinajstić information content (AvgIpc) is 3.16. The van der Waals surface area contributed by atoms with E-state index in [9.17, 15) is 9.59 Å². The summed E-state index contributed by atoms with van der Waals surface area (Å²) in [6.07, 6.45) is 3.58. The standard InChI is InChI=1S/C19H25N5O2/c1-4-15-16(5-2)22-23(3)18(15)21-19(26)13-10-17(25)24(11-13)12-14-8-6-7-9-20-14/h6-9,13H,4-5,10-12H2,1-3H3,(H,21,26). The molecule has 3 rings (SSSR count). The van der Waals surface area contributed by atoms with Crippen molar-refractivity contribution in [2.75, 3.05) is 11.9 Å². The molecule has 1 atom stereocenters. The molecule has 0 aliphatic carbocycles. The molecule has 2 aromatic heterocycles. The van der Waals surface area contributed by atoms with Gasteiger partial charge in [0.1, 0.15) is 5.82 Å². The number of pyridine rings is 1. The summed E-state index contributed by atoms with van der Waals surface area (Å²) in [7, 11) is 1.83. The molecule has 1 N–H and O–H groups in total. The number of likely N-dealkylation sites (tertiary alicyclic amines) is 1. The van der Waals surface area contributed by atoms with Gasteiger partial charge in [-0.25, -0.2) is 0 Å². The predicted octanol–water partition coefficient (Wildman–Crippen LogP) is 1.93. The third-order valence-corrected chi connectivity index (χ3v) is 4.82. The molecule has 2 amide bonds. The molecular weight excluding hydrogens is 330 g/mol. The Morgan fingerprint density at radius 3 is 2.77 bits per heavy atom. The molecule has 0 bridgehead atoms. The number of hydrogen-bond donors (Lipinski definition) is 1. The number of aromatic nitrogens is 3. The van der Waals surface area contributed by atoms with Gasteiger partial charge < -0.3 is 10.2 Å². The highest BCUT2D eigenvalue weighted by Crippen LogP contribution is 2.24. The van der Waals surface area contributed by atoms with Crippen molar-refractivity contribution in [3.05, 3.63) is 41.3 Å². The maximum absolute atomic E-state index is 12.7. The smallest absolute Gasteiger partial charge is 0.230 e. The van der Waals surface area contributed by atoms with Gasteiger partial charge in [-0.2, -0.15) is 5.10 Å². The highest BCUT2D eigenvalue weighted by Gasteiger charge is 2.35. The number of carbonyl (C=O) groups is 2. The van der Waals surface area contributed by atoms with Crippen LogP contribution in [0.5, 0.6) is 0 Å². The minimum Gasteiger partial charge on any atom is -0.336 e. The summed E-state index contributed by atoms with van der Waals surface area (Å²) in [5, 5.41) is 7.48. The molecule has 7 nitrogen and oxygen atoms in total. The second-order valence-corrected chi connectivity index (χ2v) is 6.59. The fourth-order valence-corrected chi connectivity index (χ4v) is 3.44. The normalized spacial score (nSPS) is 17.0. The lowest BCUT2D eigenvalue weighted by atomic mass is 10.1. The number of nitrogens with zero attached hydrogens (tertiary/aromatic N) is 4. The number of amides is 2. The van der Waals surface area contributed by atoms with Crippen LogP contribution in [0.25, 0.3) is 0 Å². The number of carbonyl (C=O) groups excluding carboxylic acids is 2. The fraction of sp³-hybridized carbons (Fsp3) is 0.474. The minimum absolute atomic E-state index is 0.00854. The third kappa shape index (κ3) is 3.61. The van der Waals surface area contributed by atoms with Crippen LogP contribution in [0.3, 0.4) is 0 Å². The van der Waals surface area contributed by atoms with E-state index in [1.165, 1.54) is 0 Å². The number of hydrogen-bond acceptors (Lipinski definition) is 4. The Kier molecular flexibility index (Phi) is 5.35. The molecule has 0 saturated carbocycles. The van der Waals surface area contributed by atoms with E-state index >= 15 is 0 Å². The monoisotopic (exact) mass is 355 g/mol. The van der Waals surface area contributed by atoms with E-state index in [0.29, 0.717) is 13.1 Å². The molecule has 26 heavy (non-hydrogen) atoms. The Morgan fingerprint density at radius 2 is 2.12 bits per heavy atom. The summed E-state index contributed by atoms with van der Waals surface area (Å²) >= 11 is 0. The molecule has 138 valence electrons. The first-order chi connectivity index (χ1) is 12.5. The summed E-state index contributed by atoms with van der Waals surface area (Å²) < 4.78 is 1.72. The lowest BCUT2D eigenvalue weighted by Gasteiger charge is -2.16. The van der Waals surface area contributed by atoms with Crippen LogP contribution in [0, 0.1) is 5.92 Å². The van der Waals surface area contributed by atoms with Gasteiger partial charge >= 0.3 is 0 Å². The van der Waals surface area contributed by atoms with Gasteiger partial charge in [0.25, 0.3) is 0 Å². The van der Waals surface area contributed by atoms with Gasteiger partial charge in [-0.05, 0) is 25.0 Å². The Bertz CT molecular complexity index is 800. The minimum atomic E-state index is -0.351. The van der Waals surface area contributed by atoms with Crippen LogP contribution in [0.1, 0.15) is 37.2 Å². The molecule has 7 heteroatoms. The van der Waals surface area contributed by atoms with Crippen molar-refractivity contribution >= 4 is 17.6 Å². The van der Waals surface area contributed by atoms with Crippen LogP contribution in [0.4, 0.5) is 5.82 Å². The summed E-state index contributed by atoms with van der Waals surface area (Å²) in [4.78, 5) is 31.0. The number of nitrogens with one attached hydrogen (secondary N) is 1. The second-order valence-electron chi connectivity index (χ2n) is 6.59. The van der Waals surface area contributed by atoms with Gasteiger partial charge in [0.05, 0.1) is 23.9 Å². The molecule has 1 aliphatic rings. The van der Waals surface area contributed by atoms with Gasteiger partial charge in [-0.1, -0.05) is 19.9 Å². The number of rotatable bonds is 6. The first-order valence-corrected chi connectivity index (χ1v) is 9.06. The largest absolute Gasteiger partial charge is 0.336 e. The third-order valence-electron chi connectivity index (χ3n) is 4.82. The zero-order valence-corrected chi connectivity index (χ0v) is 15.5. The summed E-state index contributed by atoms with van der Waals surface area (Å²) in [6, 6.07) is 5.62. The van der Waals surface area contributed by atoms with Crippen LogP contribution >= 0.6 is 0 Å². The topological polar surface area (TPSA) is 80.1 Å². The molecule has 0 aromatic carbocycles. The Balaban J connectivity index is 1.68. The molecule has 0 spiro atoms. The van der Waals surface area contributed by atoms with Gasteiger partial charge in [0.2, 0.25) is 11.8 Å². The number of anilines is 1. The van der Waals surface area contributed by atoms with E-state index in [4.69, 9.17) is 0 Å². The molecule has 1 fully saturated rings.